The van der Waals surface area contributed by atoms with Gasteiger partial charge in [0.15, 0.2) is 0 Å². The van der Waals surface area contributed by atoms with Gasteiger partial charge >= 0.3 is 0 Å². The second kappa shape index (κ2) is 6.38. The van der Waals surface area contributed by atoms with Crippen LogP contribution in [-0.2, 0) is 10.2 Å². The number of carbonyl (C=O) groups is 1. The molecule has 1 saturated carbocycles. The molecule has 1 fully saturated rings. The summed E-state index contributed by atoms with van der Waals surface area (Å²) in [7, 11) is 0. The standard InChI is InChI=1S/C17H24FNO/c1-13(2)11-16(20)19-12-17(9-3-4-10-17)14-5-7-15(18)8-6-14/h5-8,13H,3-4,9-12H2,1-2H3,(H,19,20). The van der Waals surface area contributed by atoms with Gasteiger partial charge in [-0.1, -0.05) is 38.8 Å². The van der Waals surface area contributed by atoms with E-state index >= 15 is 0 Å². The van der Waals surface area contributed by atoms with Crippen molar-refractivity contribution in [3.8, 4) is 0 Å². The summed E-state index contributed by atoms with van der Waals surface area (Å²) in [6.07, 6.45) is 5.07. The Labute approximate surface area is 120 Å². The van der Waals surface area contributed by atoms with Crippen LogP contribution in [0.3, 0.4) is 0 Å². The first kappa shape index (κ1) is 15.0. The fourth-order valence-electron chi connectivity index (χ4n) is 3.13. The van der Waals surface area contributed by atoms with Gasteiger partial charge in [-0.15, -0.1) is 0 Å². The van der Waals surface area contributed by atoms with Crippen LogP contribution in [0.2, 0.25) is 0 Å². The summed E-state index contributed by atoms with van der Waals surface area (Å²) < 4.78 is 13.1. The Kier molecular flexibility index (Phi) is 4.79. The van der Waals surface area contributed by atoms with Gasteiger partial charge < -0.3 is 5.32 Å². The van der Waals surface area contributed by atoms with Crippen LogP contribution in [0.4, 0.5) is 4.39 Å². The number of hydrogen-bond donors (Lipinski definition) is 1. The van der Waals surface area contributed by atoms with Crippen LogP contribution in [0.25, 0.3) is 0 Å². The van der Waals surface area contributed by atoms with Gasteiger partial charge in [0, 0.05) is 18.4 Å². The van der Waals surface area contributed by atoms with E-state index in [4.69, 9.17) is 0 Å². The molecule has 20 heavy (non-hydrogen) atoms. The first-order chi connectivity index (χ1) is 9.52. The molecule has 0 spiro atoms. The number of carbonyl (C=O) groups excluding carboxylic acids is 1. The van der Waals surface area contributed by atoms with Crippen molar-refractivity contribution in [2.45, 2.75) is 51.4 Å². The lowest BCUT2D eigenvalue weighted by Crippen LogP contribution is -2.39. The zero-order valence-electron chi connectivity index (χ0n) is 12.4. The van der Waals surface area contributed by atoms with E-state index in [1.54, 1.807) is 0 Å². The van der Waals surface area contributed by atoms with Gasteiger partial charge in [0.25, 0.3) is 0 Å². The van der Waals surface area contributed by atoms with Gasteiger partial charge in [0.1, 0.15) is 5.82 Å². The van der Waals surface area contributed by atoms with E-state index in [1.807, 2.05) is 26.0 Å². The van der Waals surface area contributed by atoms with Gasteiger partial charge in [0.2, 0.25) is 5.91 Å². The Morgan fingerprint density at radius 2 is 1.85 bits per heavy atom. The molecular weight excluding hydrogens is 253 g/mol. The second-order valence-corrected chi connectivity index (χ2v) is 6.37. The zero-order chi connectivity index (χ0) is 14.6. The van der Waals surface area contributed by atoms with Crippen molar-refractivity contribution >= 4 is 5.91 Å². The maximum Gasteiger partial charge on any atom is 0.220 e. The average molecular weight is 277 g/mol. The molecular formula is C17H24FNO. The minimum atomic E-state index is -0.203. The van der Waals surface area contributed by atoms with Crippen LogP contribution >= 0.6 is 0 Å². The Hall–Kier alpha value is -1.38. The van der Waals surface area contributed by atoms with Crippen LogP contribution in [0, 0.1) is 11.7 Å². The molecule has 3 heteroatoms. The largest absolute Gasteiger partial charge is 0.355 e. The van der Waals surface area contributed by atoms with Crippen molar-refractivity contribution in [1.29, 1.82) is 0 Å². The van der Waals surface area contributed by atoms with Gasteiger partial charge in [-0.3, -0.25) is 4.79 Å². The second-order valence-electron chi connectivity index (χ2n) is 6.37. The first-order valence-electron chi connectivity index (χ1n) is 7.55. The first-order valence-corrected chi connectivity index (χ1v) is 7.55. The van der Waals surface area contributed by atoms with E-state index < -0.39 is 0 Å². The molecule has 0 unspecified atom stereocenters. The fraction of sp³-hybridized carbons (Fsp3) is 0.588. The summed E-state index contributed by atoms with van der Waals surface area (Å²) in [5.41, 5.74) is 1.15. The van der Waals surface area contributed by atoms with Gasteiger partial charge in [0.05, 0.1) is 0 Å². The highest BCUT2D eigenvalue weighted by Gasteiger charge is 2.35. The molecule has 1 aromatic carbocycles. The maximum absolute atomic E-state index is 13.1. The lowest BCUT2D eigenvalue weighted by Gasteiger charge is -2.30. The van der Waals surface area contributed by atoms with Gasteiger partial charge in [-0.25, -0.2) is 4.39 Å². The van der Waals surface area contributed by atoms with Gasteiger partial charge in [-0.2, -0.15) is 0 Å². The lowest BCUT2D eigenvalue weighted by molar-refractivity contribution is -0.122. The molecule has 1 aromatic rings. The molecule has 2 rings (SSSR count). The third-order valence-corrected chi connectivity index (χ3v) is 4.23. The van der Waals surface area contributed by atoms with E-state index in [1.165, 1.54) is 25.0 Å². The topological polar surface area (TPSA) is 29.1 Å². The SMILES string of the molecule is CC(C)CC(=O)NCC1(c2ccc(F)cc2)CCCC1. The van der Waals surface area contributed by atoms with Crippen LogP contribution < -0.4 is 5.32 Å². The van der Waals surface area contributed by atoms with Crippen molar-refractivity contribution in [2.75, 3.05) is 6.54 Å². The summed E-state index contributed by atoms with van der Waals surface area (Å²) in [5.74, 6) is 0.291. The molecule has 0 heterocycles. The molecule has 1 N–H and O–H groups in total. The number of hydrogen-bond acceptors (Lipinski definition) is 1. The molecule has 0 radical (unpaired) electrons. The lowest BCUT2D eigenvalue weighted by atomic mass is 9.78. The zero-order valence-corrected chi connectivity index (χ0v) is 12.4. The smallest absolute Gasteiger partial charge is 0.220 e. The summed E-state index contributed by atoms with van der Waals surface area (Å²) in [4.78, 5) is 11.9. The molecule has 0 atom stereocenters. The number of amides is 1. The Bertz CT molecular complexity index is 447. The molecule has 0 bridgehead atoms. The Balaban J connectivity index is 2.06. The third kappa shape index (κ3) is 3.59. The van der Waals surface area contributed by atoms with Gasteiger partial charge in [-0.05, 0) is 36.5 Å². The molecule has 1 aliphatic carbocycles. The highest BCUT2D eigenvalue weighted by molar-refractivity contribution is 5.76. The van der Waals surface area contributed by atoms with E-state index in [2.05, 4.69) is 5.32 Å². The number of halogens is 1. The minimum Gasteiger partial charge on any atom is -0.355 e. The highest BCUT2D eigenvalue weighted by atomic mass is 19.1. The van der Waals surface area contributed by atoms with Crippen LogP contribution in [0.15, 0.2) is 24.3 Å². The maximum atomic E-state index is 13.1. The highest BCUT2D eigenvalue weighted by Crippen LogP contribution is 2.40. The van der Waals surface area contributed by atoms with E-state index in [-0.39, 0.29) is 17.1 Å². The predicted molar refractivity (Wildman–Crippen MR) is 79.0 cm³/mol. The van der Waals surface area contributed by atoms with Crippen molar-refractivity contribution in [1.82, 2.24) is 5.32 Å². The summed E-state index contributed by atoms with van der Waals surface area (Å²) in [5, 5.41) is 3.08. The predicted octanol–water partition coefficient (Wildman–Crippen LogP) is 3.80. The minimum absolute atomic E-state index is 0.000337. The van der Waals surface area contributed by atoms with E-state index in [9.17, 15) is 9.18 Å². The molecule has 1 aliphatic rings. The average Bonchev–Trinajstić information content (AvgIpc) is 2.86. The van der Waals surface area contributed by atoms with Crippen molar-refractivity contribution in [3.63, 3.8) is 0 Å². The van der Waals surface area contributed by atoms with Crippen molar-refractivity contribution < 1.29 is 9.18 Å². The number of rotatable bonds is 5. The monoisotopic (exact) mass is 277 g/mol. The third-order valence-electron chi connectivity index (χ3n) is 4.23. The fourth-order valence-corrected chi connectivity index (χ4v) is 3.13. The normalized spacial score (nSPS) is 17.4. The molecule has 0 aliphatic heterocycles. The van der Waals surface area contributed by atoms with Crippen LogP contribution in [0.5, 0.6) is 0 Å². The summed E-state index contributed by atoms with van der Waals surface area (Å²) in [6, 6.07) is 6.78. The van der Waals surface area contributed by atoms with E-state index in [0.29, 0.717) is 18.9 Å². The summed E-state index contributed by atoms with van der Waals surface area (Å²) in [6.45, 7) is 4.76. The number of nitrogens with one attached hydrogen (secondary N) is 1. The Morgan fingerprint density at radius 3 is 2.40 bits per heavy atom. The molecule has 1 amide bonds. The Morgan fingerprint density at radius 1 is 1.25 bits per heavy atom. The molecule has 0 saturated heterocycles. The number of benzene rings is 1. The molecule has 0 aromatic heterocycles. The molecule has 110 valence electrons. The quantitative estimate of drug-likeness (QED) is 0.871. The van der Waals surface area contributed by atoms with Crippen molar-refractivity contribution in [3.05, 3.63) is 35.6 Å². The summed E-state index contributed by atoms with van der Waals surface area (Å²) >= 11 is 0. The molecule has 2 nitrogen and oxygen atoms in total. The van der Waals surface area contributed by atoms with Crippen molar-refractivity contribution in [2.24, 2.45) is 5.92 Å². The van der Waals surface area contributed by atoms with Crippen LogP contribution in [0.1, 0.15) is 51.5 Å². The van der Waals surface area contributed by atoms with Crippen LogP contribution in [-0.4, -0.2) is 12.5 Å². The van der Waals surface area contributed by atoms with E-state index in [0.717, 1.165) is 18.4 Å².